The SMILES string of the molecule is CN(c1ccc(OCC(=O)NCCOc2cccc3ccccc23)cc1)S(C)(=O)=O. The molecule has 3 aromatic rings. The van der Waals surface area contributed by atoms with Crippen molar-refractivity contribution in [2.75, 3.05) is 37.4 Å². The van der Waals surface area contributed by atoms with Gasteiger partial charge in [0.05, 0.1) is 18.5 Å². The molecule has 158 valence electrons. The van der Waals surface area contributed by atoms with Gasteiger partial charge in [0.2, 0.25) is 10.0 Å². The lowest BCUT2D eigenvalue weighted by Gasteiger charge is -2.16. The molecule has 3 aromatic carbocycles. The number of carbonyl (C=O) groups excluding carboxylic acids is 1. The topological polar surface area (TPSA) is 84.9 Å². The van der Waals surface area contributed by atoms with Crippen LogP contribution in [0.5, 0.6) is 11.5 Å². The number of nitrogens with zero attached hydrogens (tertiary/aromatic N) is 1. The molecule has 1 N–H and O–H groups in total. The van der Waals surface area contributed by atoms with Crippen LogP contribution in [0, 0.1) is 0 Å². The van der Waals surface area contributed by atoms with Gasteiger partial charge in [-0.05, 0) is 35.7 Å². The molecule has 0 aliphatic rings. The third-order valence-corrected chi connectivity index (χ3v) is 5.70. The number of nitrogens with one attached hydrogen (secondary N) is 1. The molecule has 0 spiro atoms. The fourth-order valence-electron chi connectivity index (χ4n) is 2.82. The average Bonchev–Trinajstić information content (AvgIpc) is 2.74. The predicted molar refractivity (Wildman–Crippen MR) is 118 cm³/mol. The standard InChI is InChI=1S/C22H24N2O5S/c1-24(30(2,26)27)18-10-12-19(13-11-18)29-16-22(25)23-14-15-28-21-9-5-7-17-6-3-4-8-20(17)21/h3-13H,14-16H2,1-2H3,(H,23,25). The Labute approximate surface area is 176 Å². The number of benzene rings is 3. The highest BCUT2D eigenvalue weighted by molar-refractivity contribution is 7.92. The average molecular weight is 429 g/mol. The smallest absolute Gasteiger partial charge is 0.258 e. The zero-order valence-electron chi connectivity index (χ0n) is 16.9. The summed E-state index contributed by atoms with van der Waals surface area (Å²) in [5.41, 5.74) is 0.514. The van der Waals surface area contributed by atoms with E-state index in [-0.39, 0.29) is 12.5 Å². The van der Waals surface area contributed by atoms with E-state index < -0.39 is 10.0 Å². The fraction of sp³-hybridized carbons (Fsp3) is 0.227. The van der Waals surface area contributed by atoms with E-state index in [1.165, 1.54) is 11.4 Å². The van der Waals surface area contributed by atoms with E-state index in [0.29, 0.717) is 24.6 Å². The molecule has 0 atom stereocenters. The van der Waals surface area contributed by atoms with Crippen molar-refractivity contribution >= 4 is 32.4 Å². The summed E-state index contributed by atoms with van der Waals surface area (Å²) in [6.07, 6.45) is 1.13. The van der Waals surface area contributed by atoms with Crippen molar-refractivity contribution in [2.24, 2.45) is 0 Å². The summed E-state index contributed by atoms with van der Waals surface area (Å²) >= 11 is 0. The minimum Gasteiger partial charge on any atom is -0.491 e. The lowest BCUT2D eigenvalue weighted by molar-refractivity contribution is -0.123. The first kappa shape index (κ1) is 21.4. The second kappa shape index (κ2) is 9.49. The summed E-state index contributed by atoms with van der Waals surface area (Å²) in [5.74, 6) is 0.981. The van der Waals surface area contributed by atoms with Crippen LogP contribution in [0.3, 0.4) is 0 Å². The highest BCUT2D eigenvalue weighted by atomic mass is 32.2. The third kappa shape index (κ3) is 5.64. The van der Waals surface area contributed by atoms with Crippen molar-refractivity contribution in [1.82, 2.24) is 5.32 Å². The molecule has 0 bridgehead atoms. The summed E-state index contributed by atoms with van der Waals surface area (Å²) in [5, 5.41) is 4.87. The van der Waals surface area contributed by atoms with Gasteiger partial charge in [0.25, 0.3) is 5.91 Å². The molecule has 1 amide bonds. The maximum atomic E-state index is 12.0. The molecule has 0 fully saturated rings. The molecule has 0 aliphatic carbocycles. The number of hydrogen-bond donors (Lipinski definition) is 1. The Kier molecular flexibility index (Phi) is 6.79. The Hall–Kier alpha value is -3.26. The van der Waals surface area contributed by atoms with Crippen LogP contribution in [0.4, 0.5) is 5.69 Å². The quantitative estimate of drug-likeness (QED) is 0.530. The molecule has 30 heavy (non-hydrogen) atoms. The molecule has 0 saturated heterocycles. The number of anilines is 1. The summed E-state index contributed by atoms with van der Waals surface area (Å²) in [7, 11) is -1.85. The minimum atomic E-state index is -3.32. The normalized spacial score (nSPS) is 11.1. The number of carbonyl (C=O) groups is 1. The molecule has 0 unspecified atom stereocenters. The van der Waals surface area contributed by atoms with Crippen LogP contribution in [0.15, 0.2) is 66.7 Å². The Bertz CT molecular complexity index is 1110. The first-order valence-electron chi connectivity index (χ1n) is 9.38. The van der Waals surface area contributed by atoms with Gasteiger partial charge in [-0.1, -0.05) is 36.4 Å². The number of ether oxygens (including phenoxy) is 2. The molecule has 8 heteroatoms. The molecule has 0 radical (unpaired) electrons. The second-order valence-electron chi connectivity index (χ2n) is 6.69. The zero-order valence-corrected chi connectivity index (χ0v) is 17.7. The number of hydrogen-bond acceptors (Lipinski definition) is 5. The molecule has 0 aromatic heterocycles. The van der Waals surface area contributed by atoms with Crippen LogP contribution in [0.2, 0.25) is 0 Å². The van der Waals surface area contributed by atoms with Crippen molar-refractivity contribution in [2.45, 2.75) is 0 Å². The van der Waals surface area contributed by atoms with Gasteiger partial charge in [-0.15, -0.1) is 0 Å². The van der Waals surface area contributed by atoms with E-state index in [2.05, 4.69) is 5.32 Å². The first-order chi connectivity index (χ1) is 14.3. The number of sulfonamides is 1. The lowest BCUT2D eigenvalue weighted by Crippen LogP contribution is -2.32. The Morgan fingerprint density at radius 2 is 1.67 bits per heavy atom. The van der Waals surface area contributed by atoms with Gasteiger partial charge in [-0.3, -0.25) is 9.10 Å². The maximum Gasteiger partial charge on any atom is 0.258 e. The van der Waals surface area contributed by atoms with Crippen LogP contribution in [-0.4, -0.2) is 47.4 Å². The number of fused-ring (bicyclic) bond motifs is 1. The monoisotopic (exact) mass is 428 g/mol. The molecular formula is C22H24N2O5S. The molecule has 3 rings (SSSR count). The van der Waals surface area contributed by atoms with E-state index in [4.69, 9.17) is 9.47 Å². The minimum absolute atomic E-state index is 0.143. The van der Waals surface area contributed by atoms with Crippen molar-refractivity contribution < 1.29 is 22.7 Å². The van der Waals surface area contributed by atoms with Gasteiger partial charge in [0.1, 0.15) is 18.1 Å². The predicted octanol–water partition coefficient (Wildman–Crippen LogP) is 2.81. The summed E-state index contributed by atoms with van der Waals surface area (Å²) in [6, 6.07) is 20.3. The van der Waals surface area contributed by atoms with Crippen LogP contribution in [0.25, 0.3) is 10.8 Å². The van der Waals surface area contributed by atoms with Crippen LogP contribution < -0.4 is 19.1 Å². The Morgan fingerprint density at radius 1 is 0.967 bits per heavy atom. The van der Waals surface area contributed by atoms with Crippen LogP contribution in [-0.2, 0) is 14.8 Å². The summed E-state index contributed by atoms with van der Waals surface area (Å²) in [6.45, 7) is 0.547. The van der Waals surface area contributed by atoms with Gasteiger partial charge < -0.3 is 14.8 Å². The van der Waals surface area contributed by atoms with E-state index in [1.807, 2.05) is 42.5 Å². The lowest BCUT2D eigenvalue weighted by atomic mass is 10.1. The fourth-order valence-corrected chi connectivity index (χ4v) is 3.32. The van der Waals surface area contributed by atoms with Crippen molar-refractivity contribution in [3.8, 4) is 11.5 Å². The molecule has 7 nitrogen and oxygen atoms in total. The number of rotatable bonds is 9. The molecule has 0 aliphatic heterocycles. The highest BCUT2D eigenvalue weighted by Crippen LogP contribution is 2.25. The van der Waals surface area contributed by atoms with Crippen molar-refractivity contribution in [3.63, 3.8) is 0 Å². The van der Waals surface area contributed by atoms with E-state index >= 15 is 0 Å². The Balaban J connectivity index is 1.42. The van der Waals surface area contributed by atoms with Crippen LogP contribution >= 0.6 is 0 Å². The highest BCUT2D eigenvalue weighted by Gasteiger charge is 2.11. The van der Waals surface area contributed by atoms with E-state index in [0.717, 1.165) is 22.8 Å². The van der Waals surface area contributed by atoms with E-state index in [9.17, 15) is 13.2 Å². The molecule has 0 heterocycles. The van der Waals surface area contributed by atoms with Crippen molar-refractivity contribution in [1.29, 1.82) is 0 Å². The van der Waals surface area contributed by atoms with Gasteiger partial charge in [-0.25, -0.2) is 8.42 Å². The molecular weight excluding hydrogens is 404 g/mol. The number of amides is 1. The van der Waals surface area contributed by atoms with Crippen molar-refractivity contribution in [3.05, 3.63) is 66.7 Å². The largest absolute Gasteiger partial charge is 0.491 e. The molecule has 0 saturated carbocycles. The van der Waals surface area contributed by atoms with E-state index in [1.54, 1.807) is 24.3 Å². The van der Waals surface area contributed by atoms with Gasteiger partial charge >= 0.3 is 0 Å². The first-order valence-corrected chi connectivity index (χ1v) is 11.2. The van der Waals surface area contributed by atoms with Crippen LogP contribution in [0.1, 0.15) is 0 Å². The van der Waals surface area contributed by atoms with Gasteiger partial charge in [0, 0.05) is 12.4 Å². The zero-order chi connectivity index (χ0) is 21.6. The summed E-state index contributed by atoms with van der Waals surface area (Å²) < 4.78 is 35.5. The second-order valence-corrected chi connectivity index (χ2v) is 8.70. The Morgan fingerprint density at radius 3 is 2.40 bits per heavy atom. The summed E-state index contributed by atoms with van der Waals surface area (Å²) in [4.78, 5) is 12.0. The third-order valence-electron chi connectivity index (χ3n) is 4.50. The maximum absolute atomic E-state index is 12.0. The van der Waals surface area contributed by atoms with Gasteiger partial charge in [0.15, 0.2) is 6.61 Å². The van der Waals surface area contributed by atoms with Gasteiger partial charge in [-0.2, -0.15) is 0 Å².